The predicted molar refractivity (Wildman–Crippen MR) is 109 cm³/mol. The molecule has 2 aliphatic heterocycles. The van der Waals surface area contributed by atoms with Crippen molar-refractivity contribution in [1.82, 2.24) is 10.2 Å². The van der Waals surface area contributed by atoms with Crippen LogP contribution in [0.3, 0.4) is 0 Å². The van der Waals surface area contributed by atoms with Gasteiger partial charge in [0.2, 0.25) is 5.91 Å². The summed E-state index contributed by atoms with van der Waals surface area (Å²) in [4.78, 5) is 14.8. The van der Waals surface area contributed by atoms with E-state index in [2.05, 4.69) is 34.5 Å². The van der Waals surface area contributed by atoms with Crippen LogP contribution in [0.2, 0.25) is 0 Å². The molecule has 7 heteroatoms. The molecule has 2 aliphatic rings. The van der Waals surface area contributed by atoms with Crippen LogP contribution in [0, 0.1) is 5.92 Å². The molecule has 0 bridgehead atoms. The average molecular weight is 404 g/mol. The van der Waals surface area contributed by atoms with Gasteiger partial charge in [0.1, 0.15) is 0 Å². The van der Waals surface area contributed by atoms with E-state index in [9.17, 15) is 4.79 Å². The molecular weight excluding hydrogens is 373 g/mol. The van der Waals surface area contributed by atoms with Crippen LogP contribution in [-0.4, -0.2) is 43.2 Å². The summed E-state index contributed by atoms with van der Waals surface area (Å²) in [6.07, 6.45) is 4.36. The van der Waals surface area contributed by atoms with Gasteiger partial charge < -0.3 is 15.8 Å². The molecule has 0 aromatic heterocycles. The molecule has 5 nitrogen and oxygen atoms in total. The zero-order valence-corrected chi connectivity index (χ0v) is 16.8. The first-order valence-electron chi connectivity index (χ1n) is 9.13. The van der Waals surface area contributed by atoms with Gasteiger partial charge in [-0.2, -0.15) is 0 Å². The van der Waals surface area contributed by atoms with Crippen molar-refractivity contribution in [1.29, 1.82) is 0 Å². The smallest absolute Gasteiger partial charge is 0.237 e. The number of hydrogen-bond donors (Lipinski definition) is 2. The zero-order valence-electron chi connectivity index (χ0n) is 15.2. The quantitative estimate of drug-likeness (QED) is 0.765. The van der Waals surface area contributed by atoms with Gasteiger partial charge in [-0.25, -0.2) is 0 Å². The van der Waals surface area contributed by atoms with Crippen LogP contribution >= 0.6 is 24.8 Å². The molecule has 1 aromatic carbocycles. The standard InChI is InChI=1S/C19H29N3O2.2ClH/c20-18(17-6-10-24-11-7-17)19(23)21-13-15-4-3-5-16(12-15)14-22-8-1-2-9-22;;/h3-5,12,17-18H,1-2,6-11,13-14,20H2,(H,21,23);2*1H. The molecule has 1 unspecified atom stereocenters. The monoisotopic (exact) mass is 403 g/mol. The Morgan fingerprint density at radius 2 is 1.85 bits per heavy atom. The van der Waals surface area contributed by atoms with Gasteiger partial charge in [-0.3, -0.25) is 9.69 Å². The van der Waals surface area contributed by atoms with E-state index >= 15 is 0 Å². The molecule has 1 atom stereocenters. The second-order valence-electron chi connectivity index (χ2n) is 7.00. The Labute approximate surface area is 168 Å². The highest BCUT2D eigenvalue weighted by molar-refractivity contribution is 5.85. The third-order valence-electron chi connectivity index (χ3n) is 5.14. The van der Waals surface area contributed by atoms with Crippen molar-refractivity contribution in [2.24, 2.45) is 11.7 Å². The maximum Gasteiger partial charge on any atom is 0.237 e. The minimum Gasteiger partial charge on any atom is -0.381 e. The number of carbonyl (C=O) groups is 1. The average Bonchev–Trinajstić information content (AvgIpc) is 3.13. The normalized spacial score (nSPS) is 19.3. The number of nitrogens with two attached hydrogens (primary N) is 1. The fourth-order valence-corrected chi connectivity index (χ4v) is 3.63. The van der Waals surface area contributed by atoms with Gasteiger partial charge in [0.15, 0.2) is 0 Å². The van der Waals surface area contributed by atoms with Gasteiger partial charge in [0, 0.05) is 26.3 Å². The molecule has 2 heterocycles. The molecule has 1 aromatic rings. The van der Waals surface area contributed by atoms with Gasteiger partial charge in [0.25, 0.3) is 0 Å². The number of amides is 1. The summed E-state index contributed by atoms with van der Waals surface area (Å²) in [6, 6.07) is 8.07. The van der Waals surface area contributed by atoms with Crippen LogP contribution in [0.4, 0.5) is 0 Å². The molecule has 0 radical (unpaired) electrons. The number of rotatable bonds is 6. The first-order valence-corrected chi connectivity index (χ1v) is 9.13. The lowest BCUT2D eigenvalue weighted by molar-refractivity contribution is -0.124. The highest BCUT2D eigenvalue weighted by Crippen LogP contribution is 2.18. The van der Waals surface area contributed by atoms with Crippen LogP contribution in [0.1, 0.15) is 36.8 Å². The van der Waals surface area contributed by atoms with Crippen molar-refractivity contribution in [3.63, 3.8) is 0 Å². The van der Waals surface area contributed by atoms with E-state index in [4.69, 9.17) is 10.5 Å². The van der Waals surface area contributed by atoms with Crippen LogP contribution < -0.4 is 11.1 Å². The molecule has 1 amide bonds. The molecule has 3 rings (SSSR count). The Balaban J connectivity index is 0.00000169. The van der Waals surface area contributed by atoms with Gasteiger partial charge in [0.05, 0.1) is 6.04 Å². The maximum absolute atomic E-state index is 12.3. The lowest BCUT2D eigenvalue weighted by atomic mass is 9.92. The maximum atomic E-state index is 12.3. The first kappa shape index (κ1) is 23.2. The third-order valence-corrected chi connectivity index (χ3v) is 5.14. The number of nitrogens with zero attached hydrogens (tertiary/aromatic N) is 1. The number of halogens is 2. The van der Waals surface area contributed by atoms with Crippen LogP contribution in [0.5, 0.6) is 0 Å². The molecule has 26 heavy (non-hydrogen) atoms. The van der Waals surface area contributed by atoms with Crippen molar-refractivity contribution in [3.05, 3.63) is 35.4 Å². The van der Waals surface area contributed by atoms with E-state index in [0.29, 0.717) is 19.8 Å². The summed E-state index contributed by atoms with van der Waals surface area (Å²) in [5, 5.41) is 3.00. The van der Waals surface area contributed by atoms with Gasteiger partial charge in [-0.15, -0.1) is 24.8 Å². The Morgan fingerprint density at radius 3 is 2.54 bits per heavy atom. The summed E-state index contributed by atoms with van der Waals surface area (Å²) in [7, 11) is 0. The van der Waals surface area contributed by atoms with E-state index < -0.39 is 6.04 Å². The van der Waals surface area contributed by atoms with Crippen molar-refractivity contribution in [3.8, 4) is 0 Å². The summed E-state index contributed by atoms with van der Waals surface area (Å²) < 4.78 is 5.34. The number of hydrogen-bond acceptors (Lipinski definition) is 4. The summed E-state index contributed by atoms with van der Waals surface area (Å²) in [6.45, 7) is 5.36. The van der Waals surface area contributed by atoms with Crippen LogP contribution in [-0.2, 0) is 22.6 Å². The Morgan fingerprint density at radius 1 is 1.19 bits per heavy atom. The van der Waals surface area contributed by atoms with E-state index in [1.165, 1.54) is 31.5 Å². The summed E-state index contributed by atoms with van der Waals surface area (Å²) >= 11 is 0. The second kappa shape index (κ2) is 11.8. The van der Waals surface area contributed by atoms with Crippen molar-refractivity contribution in [2.45, 2.75) is 44.8 Å². The SMILES string of the molecule is Cl.Cl.NC(C(=O)NCc1cccc(CN2CCCC2)c1)C1CCOCC1. The zero-order chi connectivity index (χ0) is 16.8. The topological polar surface area (TPSA) is 67.6 Å². The molecular formula is C19H31Cl2N3O2. The number of benzene rings is 1. The van der Waals surface area contributed by atoms with Gasteiger partial charge in [-0.1, -0.05) is 24.3 Å². The van der Waals surface area contributed by atoms with Crippen molar-refractivity contribution < 1.29 is 9.53 Å². The first-order chi connectivity index (χ1) is 11.7. The lowest BCUT2D eigenvalue weighted by Crippen LogP contribution is -2.46. The third kappa shape index (κ3) is 6.71. The van der Waals surface area contributed by atoms with Gasteiger partial charge in [-0.05, 0) is 55.8 Å². The fraction of sp³-hybridized carbons (Fsp3) is 0.632. The summed E-state index contributed by atoms with van der Waals surface area (Å²) in [5.41, 5.74) is 8.58. The number of likely N-dealkylation sites (tertiary alicyclic amines) is 1. The minimum atomic E-state index is -0.429. The molecule has 3 N–H and O–H groups in total. The molecule has 0 saturated carbocycles. The van der Waals surface area contributed by atoms with E-state index in [-0.39, 0.29) is 36.6 Å². The Hall–Kier alpha value is -0.850. The number of carbonyl (C=O) groups excluding carboxylic acids is 1. The number of ether oxygens (including phenoxy) is 1. The molecule has 0 spiro atoms. The predicted octanol–water partition coefficient (Wildman–Crippen LogP) is 2.50. The molecule has 148 valence electrons. The Kier molecular flexibility index (Phi) is 10.5. The van der Waals surface area contributed by atoms with Crippen molar-refractivity contribution >= 4 is 30.7 Å². The molecule has 2 saturated heterocycles. The fourth-order valence-electron chi connectivity index (χ4n) is 3.63. The molecule has 0 aliphatic carbocycles. The van der Waals surface area contributed by atoms with Crippen LogP contribution in [0.15, 0.2) is 24.3 Å². The van der Waals surface area contributed by atoms with Crippen LogP contribution in [0.25, 0.3) is 0 Å². The highest BCUT2D eigenvalue weighted by atomic mass is 35.5. The lowest BCUT2D eigenvalue weighted by Gasteiger charge is -2.26. The van der Waals surface area contributed by atoms with E-state index in [0.717, 1.165) is 24.9 Å². The number of nitrogens with one attached hydrogen (secondary N) is 1. The highest BCUT2D eigenvalue weighted by Gasteiger charge is 2.26. The van der Waals surface area contributed by atoms with Crippen molar-refractivity contribution in [2.75, 3.05) is 26.3 Å². The second-order valence-corrected chi connectivity index (χ2v) is 7.00. The minimum absolute atomic E-state index is 0. The van der Waals surface area contributed by atoms with Gasteiger partial charge >= 0.3 is 0 Å². The Bertz CT molecular complexity index is 547. The summed E-state index contributed by atoms with van der Waals surface area (Å²) in [5.74, 6) is 0.187. The van der Waals surface area contributed by atoms with E-state index in [1.54, 1.807) is 0 Å². The molecule has 2 fully saturated rings. The largest absolute Gasteiger partial charge is 0.381 e. The van der Waals surface area contributed by atoms with E-state index in [1.807, 2.05) is 0 Å².